The molecule has 0 bridgehead atoms. The SMILES string of the molecule is CCNC(=NCc1ccc(S(=O)(=O)NC)cc1)N1CCN(c2ccccc2)CC1.I. The summed E-state index contributed by atoms with van der Waals surface area (Å²) in [6.07, 6.45) is 0. The Bertz CT molecular complexity index is 912. The molecule has 1 aliphatic heterocycles. The van der Waals surface area contributed by atoms with Gasteiger partial charge in [-0.25, -0.2) is 18.1 Å². The van der Waals surface area contributed by atoms with E-state index in [-0.39, 0.29) is 28.9 Å². The third-order valence-electron chi connectivity index (χ3n) is 4.95. The number of aliphatic imine (C=N–C) groups is 1. The second kappa shape index (κ2) is 11.5. The molecule has 1 fully saturated rings. The number of sulfonamides is 1. The highest BCUT2D eigenvalue weighted by atomic mass is 127. The number of benzene rings is 2. The Morgan fingerprint density at radius 3 is 2.20 bits per heavy atom. The molecule has 0 aromatic heterocycles. The number of anilines is 1. The lowest BCUT2D eigenvalue weighted by molar-refractivity contribution is 0.372. The van der Waals surface area contributed by atoms with Crippen molar-refractivity contribution in [3.8, 4) is 0 Å². The lowest BCUT2D eigenvalue weighted by atomic mass is 10.2. The van der Waals surface area contributed by atoms with E-state index >= 15 is 0 Å². The lowest BCUT2D eigenvalue weighted by Crippen LogP contribution is -2.52. The number of hydrogen-bond acceptors (Lipinski definition) is 4. The van der Waals surface area contributed by atoms with E-state index < -0.39 is 10.0 Å². The zero-order valence-electron chi connectivity index (χ0n) is 17.4. The van der Waals surface area contributed by atoms with Gasteiger partial charge in [0.05, 0.1) is 11.4 Å². The Morgan fingerprint density at radius 1 is 1.00 bits per heavy atom. The third kappa shape index (κ3) is 6.32. The van der Waals surface area contributed by atoms with Crippen molar-refractivity contribution in [2.45, 2.75) is 18.4 Å². The second-order valence-corrected chi connectivity index (χ2v) is 8.72. The molecule has 1 aliphatic rings. The summed E-state index contributed by atoms with van der Waals surface area (Å²) < 4.78 is 26.0. The first-order valence-corrected chi connectivity index (χ1v) is 11.4. The molecular weight excluding hydrogens is 513 g/mol. The maximum atomic E-state index is 11.8. The van der Waals surface area contributed by atoms with Crippen LogP contribution in [0.3, 0.4) is 0 Å². The first-order chi connectivity index (χ1) is 14.0. The van der Waals surface area contributed by atoms with E-state index in [0.717, 1.165) is 44.2 Å². The summed E-state index contributed by atoms with van der Waals surface area (Å²) in [7, 11) is -2.00. The van der Waals surface area contributed by atoms with Gasteiger partial charge in [0.15, 0.2) is 5.96 Å². The fourth-order valence-electron chi connectivity index (χ4n) is 3.30. The van der Waals surface area contributed by atoms with Crippen molar-refractivity contribution in [1.29, 1.82) is 0 Å². The van der Waals surface area contributed by atoms with E-state index in [0.29, 0.717) is 6.54 Å². The van der Waals surface area contributed by atoms with Gasteiger partial charge in [0.2, 0.25) is 10.0 Å². The molecule has 2 aromatic carbocycles. The fraction of sp³-hybridized carbons (Fsp3) is 0.381. The number of halogens is 1. The Hall–Kier alpha value is -1.85. The molecule has 0 saturated carbocycles. The fourth-order valence-corrected chi connectivity index (χ4v) is 4.03. The van der Waals surface area contributed by atoms with E-state index in [1.54, 1.807) is 12.1 Å². The van der Waals surface area contributed by atoms with Gasteiger partial charge >= 0.3 is 0 Å². The maximum Gasteiger partial charge on any atom is 0.240 e. The van der Waals surface area contributed by atoms with Crippen molar-refractivity contribution in [1.82, 2.24) is 14.9 Å². The molecule has 0 aliphatic carbocycles. The van der Waals surface area contributed by atoms with Crippen LogP contribution in [0, 0.1) is 0 Å². The summed E-state index contributed by atoms with van der Waals surface area (Å²) in [5.41, 5.74) is 2.23. The molecule has 2 aromatic rings. The van der Waals surface area contributed by atoms with Gasteiger partial charge in [-0.3, -0.25) is 0 Å². The predicted molar refractivity (Wildman–Crippen MR) is 133 cm³/mol. The third-order valence-corrected chi connectivity index (χ3v) is 6.38. The van der Waals surface area contributed by atoms with Crippen LogP contribution < -0.4 is 14.9 Å². The summed E-state index contributed by atoms with van der Waals surface area (Å²) in [6.45, 7) is 7.07. The Balaban J connectivity index is 0.00000320. The van der Waals surface area contributed by atoms with Crippen LogP contribution in [-0.4, -0.2) is 59.0 Å². The molecule has 0 spiro atoms. The minimum atomic E-state index is -3.41. The van der Waals surface area contributed by atoms with Crippen molar-refractivity contribution >= 4 is 45.6 Å². The highest BCUT2D eigenvalue weighted by Gasteiger charge is 2.19. The highest BCUT2D eigenvalue weighted by molar-refractivity contribution is 14.0. The molecule has 0 unspecified atom stereocenters. The number of piperazine rings is 1. The highest BCUT2D eigenvalue weighted by Crippen LogP contribution is 2.16. The summed E-state index contributed by atoms with van der Waals surface area (Å²) in [4.78, 5) is 9.70. The normalized spacial score (nSPS) is 14.9. The van der Waals surface area contributed by atoms with Crippen LogP contribution in [0.15, 0.2) is 64.5 Å². The van der Waals surface area contributed by atoms with Crippen molar-refractivity contribution in [3.63, 3.8) is 0 Å². The number of nitrogens with one attached hydrogen (secondary N) is 2. The van der Waals surface area contributed by atoms with Gasteiger partial charge in [0.25, 0.3) is 0 Å². The van der Waals surface area contributed by atoms with Crippen molar-refractivity contribution in [3.05, 3.63) is 60.2 Å². The molecule has 0 amide bonds. The predicted octanol–water partition coefficient (Wildman–Crippen LogP) is 2.50. The van der Waals surface area contributed by atoms with Crippen LogP contribution in [0.25, 0.3) is 0 Å². The van der Waals surface area contributed by atoms with E-state index in [2.05, 4.69) is 51.0 Å². The zero-order valence-corrected chi connectivity index (χ0v) is 20.6. The van der Waals surface area contributed by atoms with E-state index in [1.165, 1.54) is 12.7 Å². The monoisotopic (exact) mass is 543 g/mol. The Labute approximate surface area is 196 Å². The topological polar surface area (TPSA) is 77.0 Å². The smallest absolute Gasteiger partial charge is 0.240 e. The first kappa shape index (κ1) is 24.4. The van der Waals surface area contributed by atoms with Crippen LogP contribution in [-0.2, 0) is 16.6 Å². The van der Waals surface area contributed by atoms with Gasteiger partial charge < -0.3 is 15.1 Å². The molecule has 1 heterocycles. The van der Waals surface area contributed by atoms with Gasteiger partial charge in [-0.2, -0.15) is 0 Å². The average Bonchev–Trinajstić information content (AvgIpc) is 2.77. The molecular formula is C21H30IN5O2S. The number of nitrogens with zero attached hydrogens (tertiary/aromatic N) is 3. The standard InChI is InChI=1S/C21H29N5O2S.HI/c1-3-23-21(24-17-18-9-11-20(12-10-18)29(27,28)22-2)26-15-13-25(14-16-26)19-7-5-4-6-8-19;/h4-12,22H,3,13-17H2,1-2H3,(H,23,24);1H. The molecule has 0 radical (unpaired) electrons. The maximum absolute atomic E-state index is 11.8. The largest absolute Gasteiger partial charge is 0.368 e. The van der Waals surface area contributed by atoms with Gasteiger partial charge in [0, 0.05) is 38.4 Å². The van der Waals surface area contributed by atoms with Crippen LogP contribution >= 0.6 is 24.0 Å². The summed E-state index contributed by atoms with van der Waals surface area (Å²) in [5.74, 6) is 0.895. The minimum absolute atomic E-state index is 0. The lowest BCUT2D eigenvalue weighted by Gasteiger charge is -2.37. The number of para-hydroxylation sites is 1. The van der Waals surface area contributed by atoms with Crippen LogP contribution in [0.4, 0.5) is 5.69 Å². The average molecular weight is 543 g/mol. The van der Waals surface area contributed by atoms with Crippen molar-refractivity contribution in [2.24, 2.45) is 4.99 Å². The van der Waals surface area contributed by atoms with E-state index in [1.807, 2.05) is 18.2 Å². The number of guanidine groups is 1. The zero-order chi connectivity index (χ0) is 20.7. The van der Waals surface area contributed by atoms with Gasteiger partial charge in [-0.05, 0) is 43.8 Å². The molecule has 2 N–H and O–H groups in total. The minimum Gasteiger partial charge on any atom is -0.368 e. The summed E-state index contributed by atoms with van der Waals surface area (Å²) in [5, 5.41) is 3.37. The number of hydrogen-bond donors (Lipinski definition) is 2. The van der Waals surface area contributed by atoms with Gasteiger partial charge in [-0.15, -0.1) is 24.0 Å². The summed E-state index contributed by atoms with van der Waals surface area (Å²) in [6, 6.07) is 17.3. The van der Waals surface area contributed by atoms with Crippen LogP contribution in [0.5, 0.6) is 0 Å². The van der Waals surface area contributed by atoms with Crippen LogP contribution in [0.1, 0.15) is 12.5 Å². The number of rotatable bonds is 6. The molecule has 164 valence electrons. The molecule has 9 heteroatoms. The molecule has 30 heavy (non-hydrogen) atoms. The molecule has 3 rings (SSSR count). The molecule has 0 atom stereocenters. The van der Waals surface area contributed by atoms with Crippen molar-refractivity contribution < 1.29 is 8.42 Å². The van der Waals surface area contributed by atoms with Gasteiger partial charge in [-0.1, -0.05) is 30.3 Å². The Morgan fingerprint density at radius 2 is 1.63 bits per heavy atom. The quantitative estimate of drug-likeness (QED) is 0.333. The van der Waals surface area contributed by atoms with Gasteiger partial charge in [0.1, 0.15) is 0 Å². The van der Waals surface area contributed by atoms with Crippen molar-refractivity contribution in [2.75, 3.05) is 44.7 Å². The van der Waals surface area contributed by atoms with E-state index in [4.69, 9.17) is 4.99 Å². The first-order valence-electron chi connectivity index (χ1n) is 9.89. The Kier molecular flexibility index (Phi) is 9.37. The van der Waals surface area contributed by atoms with Crippen LogP contribution in [0.2, 0.25) is 0 Å². The summed E-state index contributed by atoms with van der Waals surface area (Å²) >= 11 is 0. The molecule has 7 nitrogen and oxygen atoms in total. The van der Waals surface area contributed by atoms with E-state index in [9.17, 15) is 8.42 Å². The molecule has 1 saturated heterocycles. The second-order valence-electron chi connectivity index (χ2n) is 6.83.